The van der Waals surface area contributed by atoms with Gasteiger partial charge in [-0.15, -0.1) is 0 Å². The van der Waals surface area contributed by atoms with Crippen LogP contribution in [0.2, 0.25) is 0 Å². The number of hydrogen-bond acceptors (Lipinski definition) is 5. The highest BCUT2D eigenvalue weighted by atomic mass is 16.5. The van der Waals surface area contributed by atoms with E-state index in [0.717, 1.165) is 25.7 Å². The van der Waals surface area contributed by atoms with E-state index in [1.165, 1.54) is 6.42 Å². The average Bonchev–Trinajstić information content (AvgIpc) is 3.21. The molecule has 3 amide bonds. The Bertz CT molecular complexity index is 680. The molecule has 8 heteroatoms. The molecule has 2 aliphatic rings. The van der Waals surface area contributed by atoms with E-state index in [1.54, 1.807) is 19.9 Å². The van der Waals surface area contributed by atoms with E-state index < -0.39 is 12.0 Å². The number of hydrogen-bond donors (Lipinski definition) is 2. The molecule has 1 saturated carbocycles. The van der Waals surface area contributed by atoms with Crippen molar-refractivity contribution in [2.45, 2.75) is 64.5 Å². The molecule has 8 nitrogen and oxygen atoms in total. The van der Waals surface area contributed by atoms with E-state index in [0.29, 0.717) is 18.1 Å². The van der Waals surface area contributed by atoms with Crippen molar-refractivity contribution in [3.63, 3.8) is 0 Å². The van der Waals surface area contributed by atoms with Crippen molar-refractivity contribution in [3.8, 4) is 0 Å². The van der Waals surface area contributed by atoms with Gasteiger partial charge in [0.05, 0.1) is 5.92 Å². The van der Waals surface area contributed by atoms with Gasteiger partial charge < -0.3 is 20.1 Å². The molecule has 1 aliphatic heterocycles. The molecule has 1 aromatic heterocycles. The van der Waals surface area contributed by atoms with Crippen molar-refractivity contribution in [2.75, 3.05) is 11.9 Å². The van der Waals surface area contributed by atoms with E-state index in [-0.39, 0.29) is 30.2 Å². The SMILES string of the molecule is Cc1cc(NC(=O)C(C)NC(=O)C2CC(=O)N(C3CCCCC3)C2)no1. The van der Waals surface area contributed by atoms with Crippen LogP contribution in [-0.2, 0) is 14.4 Å². The number of carbonyl (C=O) groups is 3. The summed E-state index contributed by atoms with van der Waals surface area (Å²) in [5, 5.41) is 8.99. The second kappa shape index (κ2) is 7.88. The molecule has 2 atom stereocenters. The molecule has 2 fully saturated rings. The van der Waals surface area contributed by atoms with Crippen molar-refractivity contribution in [3.05, 3.63) is 11.8 Å². The number of aryl methyl sites for hydroxylation is 1. The molecule has 0 spiro atoms. The smallest absolute Gasteiger partial charge is 0.247 e. The minimum Gasteiger partial charge on any atom is -0.360 e. The zero-order valence-electron chi connectivity index (χ0n) is 15.3. The molecular weight excluding hydrogens is 336 g/mol. The molecule has 1 saturated heterocycles. The van der Waals surface area contributed by atoms with E-state index in [2.05, 4.69) is 15.8 Å². The second-order valence-corrected chi connectivity index (χ2v) is 7.28. The summed E-state index contributed by atoms with van der Waals surface area (Å²) in [5.41, 5.74) is 0. The van der Waals surface area contributed by atoms with Gasteiger partial charge in [0.15, 0.2) is 5.82 Å². The fourth-order valence-electron chi connectivity index (χ4n) is 3.71. The minimum atomic E-state index is -0.724. The standard InChI is InChI=1S/C18H26N4O4/c1-11-8-15(21-26-11)20-17(24)12(2)19-18(25)13-9-16(23)22(10-13)14-6-4-3-5-7-14/h8,12-14H,3-7,9-10H2,1-2H3,(H,19,25)(H,20,21,24). The second-order valence-electron chi connectivity index (χ2n) is 7.28. The Kier molecular flexibility index (Phi) is 5.58. The van der Waals surface area contributed by atoms with Crippen LogP contribution in [0, 0.1) is 12.8 Å². The lowest BCUT2D eigenvalue weighted by Gasteiger charge is -2.31. The summed E-state index contributed by atoms with van der Waals surface area (Å²) in [5.74, 6) is -0.0747. The van der Waals surface area contributed by atoms with Crippen LogP contribution < -0.4 is 10.6 Å². The number of aromatic nitrogens is 1. The quantitative estimate of drug-likeness (QED) is 0.828. The molecule has 26 heavy (non-hydrogen) atoms. The lowest BCUT2D eigenvalue weighted by Crippen LogP contribution is -2.45. The molecule has 1 aliphatic carbocycles. The minimum absolute atomic E-state index is 0.0484. The number of amides is 3. The summed E-state index contributed by atoms with van der Waals surface area (Å²) in [4.78, 5) is 38.8. The summed E-state index contributed by atoms with van der Waals surface area (Å²) in [7, 11) is 0. The zero-order valence-corrected chi connectivity index (χ0v) is 15.3. The Morgan fingerprint density at radius 3 is 2.69 bits per heavy atom. The van der Waals surface area contributed by atoms with E-state index in [4.69, 9.17) is 4.52 Å². The van der Waals surface area contributed by atoms with Gasteiger partial charge in [0.2, 0.25) is 17.7 Å². The van der Waals surface area contributed by atoms with Crippen molar-refractivity contribution in [1.29, 1.82) is 0 Å². The van der Waals surface area contributed by atoms with Crippen molar-refractivity contribution < 1.29 is 18.9 Å². The average molecular weight is 362 g/mol. The van der Waals surface area contributed by atoms with Crippen molar-refractivity contribution >= 4 is 23.5 Å². The van der Waals surface area contributed by atoms with Gasteiger partial charge in [-0.05, 0) is 26.7 Å². The van der Waals surface area contributed by atoms with Gasteiger partial charge in [-0.2, -0.15) is 0 Å². The van der Waals surface area contributed by atoms with Crippen LogP contribution in [0.5, 0.6) is 0 Å². The summed E-state index contributed by atoms with van der Waals surface area (Å²) < 4.78 is 4.89. The Morgan fingerprint density at radius 1 is 1.31 bits per heavy atom. The molecule has 142 valence electrons. The molecule has 3 rings (SSSR count). The molecule has 2 N–H and O–H groups in total. The predicted octanol–water partition coefficient (Wildman–Crippen LogP) is 1.61. The van der Waals surface area contributed by atoms with Crippen LogP contribution in [0.4, 0.5) is 5.82 Å². The highest BCUT2D eigenvalue weighted by Gasteiger charge is 2.38. The van der Waals surface area contributed by atoms with Crippen molar-refractivity contribution in [2.24, 2.45) is 5.92 Å². The maximum Gasteiger partial charge on any atom is 0.247 e. The summed E-state index contributed by atoms with van der Waals surface area (Å²) in [6.45, 7) is 3.78. The molecule has 2 heterocycles. The highest BCUT2D eigenvalue weighted by molar-refractivity contribution is 5.97. The number of anilines is 1. The van der Waals surface area contributed by atoms with E-state index in [9.17, 15) is 14.4 Å². The van der Waals surface area contributed by atoms with E-state index >= 15 is 0 Å². The molecular formula is C18H26N4O4. The monoisotopic (exact) mass is 362 g/mol. The van der Waals surface area contributed by atoms with Crippen LogP contribution in [0.1, 0.15) is 51.2 Å². The zero-order chi connectivity index (χ0) is 18.7. The first-order valence-electron chi connectivity index (χ1n) is 9.28. The third kappa shape index (κ3) is 4.23. The van der Waals surface area contributed by atoms with Crippen LogP contribution >= 0.6 is 0 Å². The van der Waals surface area contributed by atoms with E-state index in [1.807, 2.05) is 4.90 Å². The Hall–Kier alpha value is -2.38. The third-order valence-corrected chi connectivity index (χ3v) is 5.18. The van der Waals surface area contributed by atoms with Crippen LogP contribution in [0.15, 0.2) is 10.6 Å². The van der Waals surface area contributed by atoms with Crippen molar-refractivity contribution in [1.82, 2.24) is 15.4 Å². The number of rotatable bonds is 5. The van der Waals surface area contributed by atoms with Gasteiger partial charge in [-0.1, -0.05) is 24.4 Å². The Balaban J connectivity index is 1.51. The lowest BCUT2D eigenvalue weighted by atomic mass is 9.94. The number of likely N-dealkylation sites (tertiary alicyclic amines) is 1. The number of nitrogens with zero attached hydrogens (tertiary/aromatic N) is 2. The summed E-state index contributed by atoms with van der Waals surface area (Å²) in [6.07, 6.45) is 5.78. The summed E-state index contributed by atoms with van der Waals surface area (Å²) in [6, 6.07) is 1.15. The molecule has 1 aromatic rings. The van der Waals surface area contributed by atoms with Gasteiger partial charge in [-0.3, -0.25) is 14.4 Å². The Labute approximate surface area is 152 Å². The predicted molar refractivity (Wildman–Crippen MR) is 94.2 cm³/mol. The fourth-order valence-corrected chi connectivity index (χ4v) is 3.71. The lowest BCUT2D eigenvalue weighted by molar-refractivity contribution is -0.131. The van der Waals surface area contributed by atoms with Gasteiger partial charge >= 0.3 is 0 Å². The molecule has 0 bridgehead atoms. The third-order valence-electron chi connectivity index (χ3n) is 5.18. The van der Waals surface area contributed by atoms with Crippen LogP contribution in [0.3, 0.4) is 0 Å². The van der Waals surface area contributed by atoms with Crippen LogP contribution in [0.25, 0.3) is 0 Å². The van der Waals surface area contributed by atoms with Gasteiger partial charge in [0.1, 0.15) is 11.8 Å². The first-order valence-corrected chi connectivity index (χ1v) is 9.28. The van der Waals surface area contributed by atoms with Gasteiger partial charge in [-0.25, -0.2) is 0 Å². The molecule has 2 unspecified atom stereocenters. The topological polar surface area (TPSA) is 105 Å². The first-order chi connectivity index (χ1) is 12.4. The number of carbonyl (C=O) groups excluding carboxylic acids is 3. The number of nitrogens with one attached hydrogen (secondary N) is 2. The summed E-state index contributed by atoms with van der Waals surface area (Å²) >= 11 is 0. The normalized spacial score (nSPS) is 22.3. The van der Waals surface area contributed by atoms with Gasteiger partial charge in [0, 0.05) is 25.1 Å². The molecule has 0 aromatic carbocycles. The van der Waals surface area contributed by atoms with Gasteiger partial charge in [0.25, 0.3) is 0 Å². The maximum absolute atomic E-state index is 12.5. The first kappa shape index (κ1) is 18.4. The maximum atomic E-state index is 12.5. The largest absolute Gasteiger partial charge is 0.360 e. The Morgan fingerprint density at radius 2 is 2.04 bits per heavy atom. The molecule has 0 radical (unpaired) electrons. The fraction of sp³-hybridized carbons (Fsp3) is 0.667. The highest BCUT2D eigenvalue weighted by Crippen LogP contribution is 2.28. The van der Waals surface area contributed by atoms with Crippen LogP contribution in [-0.4, -0.2) is 46.4 Å².